The molecule has 0 aliphatic carbocycles. The van der Waals surface area contributed by atoms with E-state index in [-0.39, 0.29) is 0 Å². The minimum atomic E-state index is 1.13. The van der Waals surface area contributed by atoms with Crippen molar-refractivity contribution < 1.29 is 0 Å². The van der Waals surface area contributed by atoms with Crippen molar-refractivity contribution in [1.29, 1.82) is 0 Å². The number of hydrogen-bond acceptors (Lipinski definition) is 1. The highest BCUT2D eigenvalue weighted by Gasteiger charge is 1.85. The van der Waals surface area contributed by atoms with Gasteiger partial charge in [-0.3, -0.25) is 4.99 Å². The van der Waals surface area contributed by atoms with Crippen molar-refractivity contribution in [3.8, 4) is 0 Å². The van der Waals surface area contributed by atoms with Crippen molar-refractivity contribution in [2.24, 2.45) is 4.99 Å². The second-order valence-corrected chi connectivity index (χ2v) is 2.12. The second kappa shape index (κ2) is 2.47. The predicted molar refractivity (Wildman–Crippen MR) is 39.5 cm³/mol. The fraction of sp³-hybridized carbons (Fsp3) is 0.250. The molecule has 0 spiro atoms. The van der Waals surface area contributed by atoms with Crippen LogP contribution < -0.4 is 0 Å². The van der Waals surface area contributed by atoms with E-state index in [1.807, 2.05) is 26.1 Å². The maximum absolute atomic E-state index is 3.95. The monoisotopic (exact) mass is 119 g/mol. The van der Waals surface area contributed by atoms with Crippen molar-refractivity contribution in [2.45, 2.75) is 13.8 Å². The van der Waals surface area contributed by atoms with Crippen LogP contribution >= 0.6 is 0 Å². The summed E-state index contributed by atoms with van der Waals surface area (Å²) in [5, 5.41) is 0. The molecule has 1 aliphatic heterocycles. The molecule has 0 unspecified atom stereocenters. The molecule has 1 nitrogen and oxygen atoms in total. The molecule has 46 valence electrons. The molecule has 0 amide bonds. The van der Waals surface area contributed by atoms with Gasteiger partial charge < -0.3 is 0 Å². The first kappa shape index (κ1) is 6.06. The predicted octanol–water partition coefficient (Wildman–Crippen LogP) is 2.08. The van der Waals surface area contributed by atoms with Gasteiger partial charge in [-0.1, -0.05) is 5.73 Å². The summed E-state index contributed by atoms with van der Waals surface area (Å²) in [6.07, 6.45) is 5.55. The minimum absolute atomic E-state index is 1.13. The molecule has 0 saturated heterocycles. The molecule has 0 aromatic heterocycles. The molecular formula is C8H9N. The van der Waals surface area contributed by atoms with Crippen molar-refractivity contribution in [1.82, 2.24) is 0 Å². The Morgan fingerprint density at radius 3 is 3.00 bits per heavy atom. The van der Waals surface area contributed by atoms with Crippen LogP contribution in [0.2, 0.25) is 0 Å². The zero-order chi connectivity index (χ0) is 6.69. The minimum Gasteiger partial charge on any atom is -0.256 e. The third kappa shape index (κ3) is 1.71. The van der Waals surface area contributed by atoms with Gasteiger partial charge in [-0.05, 0) is 31.1 Å². The molecule has 9 heavy (non-hydrogen) atoms. The Labute approximate surface area is 55.1 Å². The lowest BCUT2D eigenvalue weighted by Crippen LogP contribution is -1.74. The maximum Gasteiger partial charge on any atom is 0.0689 e. The molecule has 0 aromatic carbocycles. The van der Waals surface area contributed by atoms with E-state index in [2.05, 4.69) is 10.7 Å². The summed E-state index contributed by atoms with van der Waals surface area (Å²) in [7, 11) is 0. The van der Waals surface area contributed by atoms with E-state index in [4.69, 9.17) is 0 Å². The van der Waals surface area contributed by atoms with Gasteiger partial charge in [0.25, 0.3) is 0 Å². The number of nitrogens with zero attached hydrogens (tertiary/aromatic N) is 1. The number of rotatable bonds is 0. The summed E-state index contributed by atoms with van der Waals surface area (Å²) < 4.78 is 0. The van der Waals surface area contributed by atoms with Crippen molar-refractivity contribution in [3.63, 3.8) is 0 Å². The fourth-order valence-electron chi connectivity index (χ4n) is 0.714. The fourth-order valence-corrected chi connectivity index (χ4v) is 0.714. The highest BCUT2D eigenvalue weighted by molar-refractivity contribution is 5.79. The van der Waals surface area contributed by atoms with Crippen LogP contribution in [0.1, 0.15) is 13.8 Å². The van der Waals surface area contributed by atoms with Crippen LogP contribution in [-0.2, 0) is 0 Å². The van der Waals surface area contributed by atoms with E-state index in [9.17, 15) is 0 Å². The highest BCUT2D eigenvalue weighted by Crippen LogP contribution is 2.00. The lowest BCUT2D eigenvalue weighted by Gasteiger charge is -1.85. The molecule has 1 aliphatic rings. The molecule has 0 N–H and O–H groups in total. The summed E-state index contributed by atoms with van der Waals surface area (Å²) in [5.41, 5.74) is 5.30. The van der Waals surface area contributed by atoms with Gasteiger partial charge in [0.1, 0.15) is 0 Å². The average molecular weight is 119 g/mol. The lowest BCUT2D eigenvalue weighted by molar-refractivity contribution is 1.50. The zero-order valence-corrected chi connectivity index (χ0v) is 5.68. The first-order chi connectivity index (χ1) is 4.29. The summed E-state index contributed by atoms with van der Waals surface area (Å²) in [6.45, 7) is 4.03. The SMILES string of the molecule is CC1=C=CN=CC(C)=C1. The Balaban J connectivity index is 3.01. The van der Waals surface area contributed by atoms with Crippen LogP contribution in [0.25, 0.3) is 0 Å². The van der Waals surface area contributed by atoms with Crippen LogP contribution in [0.5, 0.6) is 0 Å². The quantitative estimate of drug-likeness (QED) is 0.433. The average Bonchev–Trinajstić information content (AvgIpc) is 1.93. The molecule has 0 bridgehead atoms. The summed E-state index contributed by atoms with van der Waals surface area (Å²) in [5.74, 6) is 0. The van der Waals surface area contributed by atoms with E-state index >= 15 is 0 Å². The second-order valence-electron chi connectivity index (χ2n) is 2.12. The van der Waals surface area contributed by atoms with Gasteiger partial charge in [-0.15, -0.1) is 0 Å². The molecule has 0 atom stereocenters. The van der Waals surface area contributed by atoms with Gasteiger partial charge >= 0.3 is 0 Å². The first-order valence-electron chi connectivity index (χ1n) is 2.92. The standard InChI is InChI=1S/C8H9N/c1-7-3-4-9-6-8(2)5-7/h4-6H,1-2H3. The Hall–Kier alpha value is -1.07. The summed E-state index contributed by atoms with van der Waals surface area (Å²) in [4.78, 5) is 3.95. The number of allylic oxidation sites excluding steroid dienone is 3. The third-order valence-electron chi connectivity index (χ3n) is 1.09. The molecular weight excluding hydrogens is 110 g/mol. The highest BCUT2D eigenvalue weighted by atomic mass is 14.7. The van der Waals surface area contributed by atoms with Crippen molar-refractivity contribution in [2.75, 3.05) is 0 Å². The summed E-state index contributed by atoms with van der Waals surface area (Å²) in [6, 6.07) is 0. The molecule has 1 rings (SSSR count). The van der Waals surface area contributed by atoms with E-state index in [1.165, 1.54) is 5.57 Å². The molecule has 1 heteroatoms. The summed E-state index contributed by atoms with van der Waals surface area (Å²) >= 11 is 0. The van der Waals surface area contributed by atoms with Crippen molar-refractivity contribution >= 4 is 6.21 Å². The number of aliphatic imine (C=N–C) groups is 1. The Bertz CT molecular complexity index is 225. The lowest BCUT2D eigenvalue weighted by atomic mass is 10.2. The molecule has 0 aromatic rings. The number of hydrogen-bond donors (Lipinski definition) is 0. The van der Waals surface area contributed by atoms with Crippen LogP contribution in [0.15, 0.2) is 34.1 Å². The smallest absolute Gasteiger partial charge is 0.0689 e. The maximum atomic E-state index is 3.95. The van der Waals surface area contributed by atoms with Crippen LogP contribution in [0.3, 0.4) is 0 Å². The van der Waals surface area contributed by atoms with E-state index in [1.54, 1.807) is 6.20 Å². The van der Waals surface area contributed by atoms with Gasteiger partial charge in [0.05, 0.1) is 6.20 Å². The van der Waals surface area contributed by atoms with Gasteiger partial charge in [0.2, 0.25) is 0 Å². The van der Waals surface area contributed by atoms with E-state index in [0.717, 1.165) is 5.57 Å². The Morgan fingerprint density at radius 1 is 1.44 bits per heavy atom. The Kier molecular flexibility index (Phi) is 1.66. The van der Waals surface area contributed by atoms with Crippen molar-refractivity contribution in [3.05, 3.63) is 29.2 Å². The largest absolute Gasteiger partial charge is 0.256 e. The molecule has 0 radical (unpaired) electrons. The van der Waals surface area contributed by atoms with E-state index < -0.39 is 0 Å². The first-order valence-corrected chi connectivity index (χ1v) is 2.92. The van der Waals surface area contributed by atoms with Gasteiger partial charge in [-0.2, -0.15) is 0 Å². The topological polar surface area (TPSA) is 12.4 Å². The normalized spacial score (nSPS) is 16.7. The molecule has 0 saturated carbocycles. The third-order valence-corrected chi connectivity index (χ3v) is 1.09. The molecule has 1 heterocycles. The van der Waals surface area contributed by atoms with Gasteiger partial charge in [0.15, 0.2) is 0 Å². The Morgan fingerprint density at radius 2 is 2.22 bits per heavy atom. The van der Waals surface area contributed by atoms with Gasteiger partial charge in [-0.25, -0.2) is 0 Å². The van der Waals surface area contributed by atoms with Crippen LogP contribution in [-0.4, -0.2) is 6.21 Å². The van der Waals surface area contributed by atoms with E-state index in [0.29, 0.717) is 0 Å². The molecule has 0 fully saturated rings. The van der Waals surface area contributed by atoms with Gasteiger partial charge in [0, 0.05) is 6.21 Å². The van der Waals surface area contributed by atoms with Crippen LogP contribution in [0, 0.1) is 0 Å². The zero-order valence-electron chi connectivity index (χ0n) is 5.68. The van der Waals surface area contributed by atoms with Crippen LogP contribution in [0.4, 0.5) is 0 Å².